The highest BCUT2D eigenvalue weighted by Gasteiger charge is 2.29. The molecule has 30 heavy (non-hydrogen) atoms. The Bertz CT molecular complexity index is 1220. The second-order valence-corrected chi connectivity index (χ2v) is 9.47. The number of amides is 1. The number of carbonyl (C=O) groups excluding carboxylic acids is 1. The van der Waals surface area contributed by atoms with Crippen LogP contribution >= 0.6 is 0 Å². The van der Waals surface area contributed by atoms with Crippen molar-refractivity contribution in [3.63, 3.8) is 0 Å². The summed E-state index contributed by atoms with van der Waals surface area (Å²) in [4.78, 5) is 12.9. The lowest BCUT2D eigenvalue weighted by Crippen LogP contribution is -2.35. The Morgan fingerprint density at radius 1 is 0.967 bits per heavy atom. The zero-order valence-electron chi connectivity index (χ0n) is 17.1. The monoisotopic (exact) mass is 420 g/mol. The third kappa shape index (κ3) is 3.83. The molecule has 4 rings (SSSR count). The maximum atomic E-state index is 13.4. The summed E-state index contributed by atoms with van der Waals surface area (Å²) < 4.78 is 28.2. The number of hydrogen-bond donors (Lipinski definition) is 1. The van der Waals surface area contributed by atoms with Crippen LogP contribution in [0, 0.1) is 13.8 Å². The average Bonchev–Trinajstić information content (AvgIpc) is 2.76. The smallest absolute Gasteiger partial charge is 0.264 e. The van der Waals surface area contributed by atoms with E-state index >= 15 is 0 Å². The standard InChI is InChI=1S/C24H24N2O3S/c1-17-12-13-18(2)22(15-17)25-24(27)20-8-5-10-21(16-20)30(28,29)26-14-6-9-19-7-3-4-11-23(19)26/h3-5,7-8,10-13,15-16H,6,9,14H2,1-2H3,(H,25,27). The molecule has 0 radical (unpaired) electrons. The highest BCUT2D eigenvalue weighted by atomic mass is 32.2. The fourth-order valence-electron chi connectivity index (χ4n) is 3.74. The number of nitrogens with zero attached hydrogens (tertiary/aromatic N) is 1. The minimum atomic E-state index is -3.77. The second-order valence-electron chi connectivity index (χ2n) is 7.61. The molecular weight excluding hydrogens is 396 g/mol. The lowest BCUT2D eigenvalue weighted by atomic mass is 10.0. The summed E-state index contributed by atoms with van der Waals surface area (Å²) in [6, 6.07) is 19.6. The van der Waals surface area contributed by atoms with Gasteiger partial charge in [0.15, 0.2) is 0 Å². The maximum absolute atomic E-state index is 13.4. The Morgan fingerprint density at radius 3 is 2.60 bits per heavy atom. The summed E-state index contributed by atoms with van der Waals surface area (Å²) in [6.45, 7) is 4.31. The van der Waals surface area contributed by atoms with Gasteiger partial charge in [0.1, 0.15) is 0 Å². The molecule has 0 aromatic heterocycles. The van der Waals surface area contributed by atoms with Crippen molar-refractivity contribution in [2.45, 2.75) is 31.6 Å². The van der Waals surface area contributed by atoms with E-state index in [2.05, 4.69) is 5.32 Å². The van der Waals surface area contributed by atoms with Crippen LogP contribution in [-0.4, -0.2) is 20.9 Å². The Hall–Kier alpha value is -3.12. The van der Waals surface area contributed by atoms with E-state index in [1.54, 1.807) is 18.2 Å². The Kier molecular flexibility index (Phi) is 5.35. The number of anilines is 2. The van der Waals surface area contributed by atoms with E-state index in [1.807, 2.05) is 56.3 Å². The molecular formula is C24H24N2O3S. The third-order valence-corrected chi connectivity index (χ3v) is 7.20. The van der Waals surface area contributed by atoms with Gasteiger partial charge in [0.05, 0.1) is 10.6 Å². The van der Waals surface area contributed by atoms with Gasteiger partial charge in [0.25, 0.3) is 15.9 Å². The molecule has 1 aliphatic rings. The number of nitrogens with one attached hydrogen (secondary N) is 1. The molecule has 1 heterocycles. The van der Waals surface area contributed by atoms with E-state index in [4.69, 9.17) is 0 Å². The lowest BCUT2D eigenvalue weighted by molar-refractivity contribution is 0.102. The molecule has 0 spiro atoms. The molecule has 5 nitrogen and oxygen atoms in total. The molecule has 0 atom stereocenters. The molecule has 1 aliphatic heterocycles. The van der Waals surface area contributed by atoms with Crippen molar-refractivity contribution in [1.29, 1.82) is 0 Å². The van der Waals surface area contributed by atoms with Crippen molar-refractivity contribution >= 4 is 27.3 Å². The summed E-state index contributed by atoms with van der Waals surface area (Å²) in [6.07, 6.45) is 1.63. The second kappa shape index (κ2) is 7.95. The van der Waals surface area contributed by atoms with E-state index in [1.165, 1.54) is 10.4 Å². The van der Waals surface area contributed by atoms with Crippen molar-refractivity contribution in [2.24, 2.45) is 0 Å². The molecule has 0 unspecified atom stereocenters. The minimum absolute atomic E-state index is 0.118. The van der Waals surface area contributed by atoms with E-state index in [0.29, 0.717) is 17.8 Å². The van der Waals surface area contributed by atoms with Crippen LogP contribution in [0.15, 0.2) is 71.6 Å². The summed E-state index contributed by atoms with van der Waals surface area (Å²) >= 11 is 0. The van der Waals surface area contributed by atoms with Gasteiger partial charge in [-0.25, -0.2) is 8.42 Å². The fourth-order valence-corrected chi connectivity index (χ4v) is 5.33. The molecule has 0 fully saturated rings. The third-order valence-electron chi connectivity index (χ3n) is 5.39. The Balaban J connectivity index is 1.65. The number of carbonyl (C=O) groups is 1. The minimum Gasteiger partial charge on any atom is -0.322 e. The van der Waals surface area contributed by atoms with E-state index in [9.17, 15) is 13.2 Å². The van der Waals surface area contributed by atoms with Crippen LogP contribution in [0.3, 0.4) is 0 Å². The van der Waals surface area contributed by atoms with Gasteiger partial charge in [-0.2, -0.15) is 0 Å². The number of rotatable bonds is 4. The van der Waals surface area contributed by atoms with Gasteiger partial charge >= 0.3 is 0 Å². The lowest BCUT2D eigenvalue weighted by Gasteiger charge is -2.30. The van der Waals surface area contributed by atoms with Gasteiger partial charge in [-0.3, -0.25) is 9.10 Å². The van der Waals surface area contributed by atoms with Crippen molar-refractivity contribution in [3.05, 3.63) is 89.0 Å². The largest absolute Gasteiger partial charge is 0.322 e. The number of para-hydroxylation sites is 1. The van der Waals surface area contributed by atoms with Gasteiger partial charge in [-0.1, -0.05) is 36.4 Å². The van der Waals surface area contributed by atoms with Crippen molar-refractivity contribution < 1.29 is 13.2 Å². The summed E-state index contributed by atoms with van der Waals surface area (Å²) in [5.74, 6) is -0.334. The van der Waals surface area contributed by atoms with Crippen LogP contribution in [0.1, 0.15) is 33.5 Å². The molecule has 0 saturated heterocycles. The van der Waals surface area contributed by atoms with Gasteiger partial charge in [0, 0.05) is 17.8 Å². The fraction of sp³-hybridized carbons (Fsp3) is 0.208. The summed E-state index contributed by atoms with van der Waals surface area (Å²) in [5, 5.41) is 2.89. The molecule has 6 heteroatoms. The highest BCUT2D eigenvalue weighted by molar-refractivity contribution is 7.92. The first-order valence-electron chi connectivity index (χ1n) is 9.95. The normalized spacial score (nSPS) is 13.6. The van der Waals surface area contributed by atoms with Crippen molar-refractivity contribution in [2.75, 3.05) is 16.2 Å². The number of benzene rings is 3. The van der Waals surface area contributed by atoms with Crippen LogP contribution < -0.4 is 9.62 Å². The molecule has 0 saturated carbocycles. The highest BCUT2D eigenvalue weighted by Crippen LogP contribution is 2.32. The van der Waals surface area contributed by atoms with Gasteiger partial charge in [0.2, 0.25) is 0 Å². The molecule has 154 valence electrons. The molecule has 0 aliphatic carbocycles. The van der Waals surface area contributed by atoms with Gasteiger partial charge in [-0.05, 0) is 73.7 Å². The first-order valence-corrected chi connectivity index (χ1v) is 11.4. The van der Waals surface area contributed by atoms with Crippen LogP contribution in [0.25, 0.3) is 0 Å². The average molecular weight is 421 g/mol. The molecule has 1 N–H and O–H groups in total. The Morgan fingerprint density at radius 2 is 1.77 bits per heavy atom. The molecule has 1 amide bonds. The molecule has 3 aromatic carbocycles. The quantitative estimate of drug-likeness (QED) is 0.665. The van der Waals surface area contributed by atoms with E-state index in [-0.39, 0.29) is 10.8 Å². The number of aryl methyl sites for hydroxylation is 3. The van der Waals surface area contributed by atoms with Crippen LogP contribution in [0.5, 0.6) is 0 Å². The van der Waals surface area contributed by atoms with Crippen molar-refractivity contribution in [1.82, 2.24) is 0 Å². The maximum Gasteiger partial charge on any atom is 0.264 e. The van der Waals surface area contributed by atoms with Gasteiger partial charge < -0.3 is 5.32 Å². The van der Waals surface area contributed by atoms with E-state index < -0.39 is 10.0 Å². The predicted molar refractivity (Wildman–Crippen MR) is 120 cm³/mol. The van der Waals surface area contributed by atoms with Crippen LogP contribution in [0.4, 0.5) is 11.4 Å². The SMILES string of the molecule is Cc1ccc(C)c(NC(=O)c2cccc(S(=O)(=O)N3CCCc4ccccc43)c2)c1. The van der Waals surface area contributed by atoms with Crippen LogP contribution in [-0.2, 0) is 16.4 Å². The van der Waals surface area contributed by atoms with E-state index in [0.717, 1.165) is 35.2 Å². The number of fused-ring (bicyclic) bond motifs is 1. The van der Waals surface area contributed by atoms with Crippen molar-refractivity contribution in [3.8, 4) is 0 Å². The Labute approximate surface area is 177 Å². The first-order chi connectivity index (χ1) is 14.4. The van der Waals surface area contributed by atoms with Crippen LogP contribution in [0.2, 0.25) is 0 Å². The zero-order valence-corrected chi connectivity index (χ0v) is 17.9. The molecule has 3 aromatic rings. The predicted octanol–water partition coefficient (Wildman–Crippen LogP) is 4.70. The summed E-state index contributed by atoms with van der Waals surface area (Å²) in [7, 11) is -3.77. The molecule has 0 bridgehead atoms. The summed E-state index contributed by atoms with van der Waals surface area (Å²) in [5.41, 5.74) is 4.75. The zero-order chi connectivity index (χ0) is 21.3. The first kappa shape index (κ1) is 20.2. The topological polar surface area (TPSA) is 66.5 Å². The van der Waals surface area contributed by atoms with Gasteiger partial charge in [-0.15, -0.1) is 0 Å². The number of sulfonamides is 1. The number of hydrogen-bond acceptors (Lipinski definition) is 3.